The van der Waals surface area contributed by atoms with Gasteiger partial charge in [0.1, 0.15) is 18.0 Å². The molecule has 0 aliphatic heterocycles. The summed E-state index contributed by atoms with van der Waals surface area (Å²) in [4.78, 5) is 8.32. The first-order chi connectivity index (χ1) is 9.11. The fraction of sp³-hybridized carbons (Fsp3) is 0.231. The van der Waals surface area contributed by atoms with Crippen molar-refractivity contribution in [2.75, 3.05) is 11.1 Å². The smallest absolute Gasteiger partial charge is 0.139 e. The number of halogens is 2. The molecule has 1 aromatic heterocycles. The van der Waals surface area contributed by atoms with Crippen LogP contribution in [0.5, 0.6) is 0 Å². The molecule has 0 fully saturated rings. The van der Waals surface area contributed by atoms with Crippen LogP contribution in [0.25, 0.3) is 0 Å². The van der Waals surface area contributed by atoms with Gasteiger partial charge >= 0.3 is 0 Å². The molecule has 0 bridgehead atoms. The van der Waals surface area contributed by atoms with Crippen molar-refractivity contribution in [3.8, 4) is 0 Å². The zero-order valence-electron chi connectivity index (χ0n) is 10.5. The summed E-state index contributed by atoms with van der Waals surface area (Å²) < 4.78 is 1.03. The molecule has 0 aliphatic rings. The Balaban J connectivity index is 2.35. The highest BCUT2D eigenvalue weighted by Gasteiger charge is 2.10. The third-order valence-corrected chi connectivity index (χ3v) is 3.79. The second-order valence-corrected chi connectivity index (χ2v) is 5.68. The largest absolute Gasteiger partial charge is 0.383 e. The van der Waals surface area contributed by atoms with E-state index >= 15 is 0 Å². The van der Waals surface area contributed by atoms with Gasteiger partial charge in [0.05, 0.1) is 5.69 Å². The molecule has 1 aromatic carbocycles. The summed E-state index contributed by atoms with van der Waals surface area (Å²) in [5.41, 5.74) is 7.82. The highest BCUT2D eigenvalue weighted by atomic mass is 127. The highest BCUT2D eigenvalue weighted by molar-refractivity contribution is 14.1. The number of nitrogens with zero attached hydrogens (tertiary/aromatic N) is 2. The molecule has 1 heterocycles. The summed E-state index contributed by atoms with van der Waals surface area (Å²) in [5.74, 6) is 1.29. The number of rotatable bonds is 4. The molecule has 3 N–H and O–H groups in total. The summed E-state index contributed by atoms with van der Waals surface area (Å²) in [6, 6.07) is 5.67. The van der Waals surface area contributed by atoms with Crippen molar-refractivity contribution in [1.82, 2.24) is 9.97 Å². The highest BCUT2D eigenvalue weighted by Crippen LogP contribution is 2.27. The van der Waals surface area contributed by atoms with E-state index in [0.29, 0.717) is 10.8 Å². The first kappa shape index (κ1) is 14.3. The molecule has 2 aromatic rings. The van der Waals surface area contributed by atoms with E-state index in [1.165, 1.54) is 6.33 Å². The van der Waals surface area contributed by atoms with Crippen molar-refractivity contribution in [2.45, 2.75) is 19.8 Å². The van der Waals surface area contributed by atoms with Crippen LogP contribution in [0.4, 0.5) is 17.3 Å². The van der Waals surface area contributed by atoms with Gasteiger partial charge in [-0.05, 0) is 47.2 Å². The summed E-state index contributed by atoms with van der Waals surface area (Å²) in [7, 11) is 0. The predicted octanol–water partition coefficient (Wildman–Crippen LogP) is 4.01. The maximum Gasteiger partial charge on any atom is 0.139 e. The van der Waals surface area contributed by atoms with Gasteiger partial charge in [-0.25, -0.2) is 9.97 Å². The second kappa shape index (κ2) is 6.38. The van der Waals surface area contributed by atoms with Crippen LogP contribution in [0.1, 0.15) is 18.9 Å². The van der Waals surface area contributed by atoms with Crippen LogP contribution in [0.3, 0.4) is 0 Å². The SMILES string of the molecule is CCCc1c(N)ncnc1Nc1ccc(Cl)cc1I. The van der Waals surface area contributed by atoms with Gasteiger partial charge in [0.15, 0.2) is 0 Å². The van der Waals surface area contributed by atoms with Gasteiger partial charge in [-0.3, -0.25) is 0 Å². The minimum Gasteiger partial charge on any atom is -0.383 e. The van der Waals surface area contributed by atoms with Crippen LogP contribution in [-0.4, -0.2) is 9.97 Å². The van der Waals surface area contributed by atoms with E-state index in [1.54, 1.807) is 0 Å². The molecular formula is C13H14ClIN4. The third-order valence-electron chi connectivity index (χ3n) is 2.66. The Bertz CT molecular complexity index is 589. The van der Waals surface area contributed by atoms with Crippen LogP contribution in [0.15, 0.2) is 24.5 Å². The van der Waals surface area contributed by atoms with Gasteiger partial charge in [-0.2, -0.15) is 0 Å². The minimum atomic E-state index is 0.531. The van der Waals surface area contributed by atoms with Crippen LogP contribution in [-0.2, 0) is 6.42 Å². The topological polar surface area (TPSA) is 63.8 Å². The van der Waals surface area contributed by atoms with Crippen molar-refractivity contribution in [1.29, 1.82) is 0 Å². The van der Waals surface area contributed by atoms with Crippen LogP contribution >= 0.6 is 34.2 Å². The lowest BCUT2D eigenvalue weighted by atomic mass is 10.1. The van der Waals surface area contributed by atoms with Gasteiger partial charge in [-0.15, -0.1) is 0 Å². The Kier molecular flexibility index (Phi) is 4.81. The fourth-order valence-electron chi connectivity index (χ4n) is 1.75. The molecule has 0 atom stereocenters. The van der Waals surface area contributed by atoms with Crippen molar-refractivity contribution in [3.63, 3.8) is 0 Å². The van der Waals surface area contributed by atoms with E-state index in [0.717, 1.165) is 33.5 Å². The first-order valence-corrected chi connectivity index (χ1v) is 7.39. The van der Waals surface area contributed by atoms with E-state index in [4.69, 9.17) is 17.3 Å². The van der Waals surface area contributed by atoms with Crippen molar-refractivity contribution < 1.29 is 0 Å². The van der Waals surface area contributed by atoms with Crippen LogP contribution < -0.4 is 11.1 Å². The van der Waals surface area contributed by atoms with Crippen LogP contribution in [0.2, 0.25) is 5.02 Å². The van der Waals surface area contributed by atoms with Gasteiger partial charge < -0.3 is 11.1 Å². The summed E-state index contributed by atoms with van der Waals surface area (Å²) in [5, 5.41) is 4.01. The predicted molar refractivity (Wildman–Crippen MR) is 87.9 cm³/mol. The molecule has 0 unspecified atom stereocenters. The molecule has 0 spiro atoms. The zero-order chi connectivity index (χ0) is 13.8. The normalized spacial score (nSPS) is 10.5. The molecule has 2 rings (SSSR count). The Morgan fingerprint density at radius 2 is 2.16 bits per heavy atom. The Hall–Kier alpha value is -1.08. The van der Waals surface area contributed by atoms with Crippen molar-refractivity contribution >= 4 is 51.5 Å². The Morgan fingerprint density at radius 3 is 2.84 bits per heavy atom. The van der Waals surface area contributed by atoms with E-state index in [9.17, 15) is 0 Å². The van der Waals surface area contributed by atoms with Gasteiger partial charge in [0.2, 0.25) is 0 Å². The standard InChI is InChI=1S/C13H14ClIN4/c1-2-3-9-12(16)17-7-18-13(9)19-11-5-4-8(14)6-10(11)15/h4-7H,2-3H2,1H3,(H3,16,17,18,19). The van der Waals surface area contributed by atoms with Crippen molar-refractivity contribution in [2.24, 2.45) is 0 Å². The molecule has 0 saturated carbocycles. The van der Waals surface area contributed by atoms with Gasteiger partial charge in [0, 0.05) is 14.2 Å². The van der Waals surface area contributed by atoms with Crippen LogP contribution in [0, 0.1) is 3.57 Å². The monoisotopic (exact) mass is 388 g/mol. The van der Waals surface area contributed by atoms with Crippen molar-refractivity contribution in [3.05, 3.63) is 38.7 Å². The van der Waals surface area contributed by atoms with E-state index in [1.807, 2.05) is 18.2 Å². The molecule has 100 valence electrons. The van der Waals surface area contributed by atoms with Gasteiger partial charge in [0.25, 0.3) is 0 Å². The number of hydrogen-bond donors (Lipinski definition) is 2. The number of aromatic nitrogens is 2. The van der Waals surface area contributed by atoms with Gasteiger partial charge in [-0.1, -0.05) is 24.9 Å². The number of benzene rings is 1. The number of hydrogen-bond acceptors (Lipinski definition) is 4. The number of nitrogen functional groups attached to an aromatic ring is 1. The maximum atomic E-state index is 5.95. The number of nitrogens with one attached hydrogen (secondary N) is 1. The summed E-state index contributed by atoms with van der Waals surface area (Å²) in [6.45, 7) is 2.10. The lowest BCUT2D eigenvalue weighted by molar-refractivity contribution is 0.908. The number of nitrogens with two attached hydrogens (primary N) is 1. The molecule has 0 aliphatic carbocycles. The molecule has 0 saturated heterocycles. The molecule has 0 radical (unpaired) electrons. The fourth-order valence-corrected chi connectivity index (χ4v) is 2.75. The molecule has 0 amide bonds. The summed E-state index contributed by atoms with van der Waals surface area (Å²) >= 11 is 8.18. The van der Waals surface area contributed by atoms with E-state index in [2.05, 4.69) is 44.8 Å². The molecule has 6 heteroatoms. The molecular weight excluding hydrogens is 375 g/mol. The zero-order valence-corrected chi connectivity index (χ0v) is 13.4. The lowest BCUT2D eigenvalue weighted by Gasteiger charge is -2.13. The van der Waals surface area contributed by atoms with E-state index in [-0.39, 0.29) is 0 Å². The number of anilines is 3. The Morgan fingerprint density at radius 1 is 1.37 bits per heavy atom. The third kappa shape index (κ3) is 3.48. The Labute approximate surface area is 130 Å². The average molecular weight is 389 g/mol. The molecule has 4 nitrogen and oxygen atoms in total. The maximum absolute atomic E-state index is 5.95. The lowest BCUT2D eigenvalue weighted by Crippen LogP contribution is -2.05. The minimum absolute atomic E-state index is 0.531. The summed E-state index contributed by atoms with van der Waals surface area (Å²) in [6.07, 6.45) is 3.31. The first-order valence-electron chi connectivity index (χ1n) is 5.93. The quantitative estimate of drug-likeness (QED) is 0.777. The molecule has 19 heavy (non-hydrogen) atoms. The average Bonchev–Trinajstić information content (AvgIpc) is 2.37. The van der Waals surface area contributed by atoms with E-state index < -0.39 is 0 Å². The second-order valence-electron chi connectivity index (χ2n) is 4.09.